The van der Waals surface area contributed by atoms with Crippen molar-refractivity contribution in [3.05, 3.63) is 29.8 Å². The van der Waals surface area contributed by atoms with Gasteiger partial charge in [-0.1, -0.05) is 35.2 Å². The van der Waals surface area contributed by atoms with Crippen molar-refractivity contribution in [2.24, 2.45) is 0 Å². The van der Waals surface area contributed by atoms with E-state index in [0.29, 0.717) is 13.2 Å². The molecule has 23 heavy (non-hydrogen) atoms. The quantitative estimate of drug-likeness (QED) is 0.537. The molecule has 0 spiro atoms. The number of thioether (sulfide) groups is 1. The number of methoxy groups -OCH3 is 1. The number of benzene rings is 1. The number of ether oxygens (including phenoxy) is 2. The van der Waals surface area contributed by atoms with E-state index in [-0.39, 0.29) is 11.0 Å². The Labute approximate surface area is 141 Å². The number of alkyl halides is 2. The van der Waals surface area contributed by atoms with Crippen molar-refractivity contribution in [3.63, 3.8) is 0 Å². The molecule has 0 aliphatic heterocycles. The molecule has 2 aromatic rings. The molecule has 1 heterocycles. The molecule has 9 heteroatoms. The van der Waals surface area contributed by atoms with E-state index in [1.54, 1.807) is 31.0 Å². The second kappa shape index (κ2) is 8.99. The molecule has 0 bridgehead atoms. The molecule has 0 aliphatic carbocycles. The number of hydrogen-bond acceptors (Lipinski definition) is 7. The Morgan fingerprint density at radius 3 is 2.65 bits per heavy atom. The van der Waals surface area contributed by atoms with Crippen molar-refractivity contribution in [1.82, 2.24) is 10.2 Å². The normalized spacial score (nSPS) is 12.4. The molecule has 0 aliphatic rings. The van der Waals surface area contributed by atoms with Crippen molar-refractivity contribution >= 4 is 28.2 Å². The molecule has 0 amide bonds. The zero-order valence-electron chi connectivity index (χ0n) is 12.7. The first-order valence-corrected chi connectivity index (χ1v) is 8.56. The molecule has 0 saturated carbocycles. The first kappa shape index (κ1) is 17.9. The van der Waals surface area contributed by atoms with Crippen LogP contribution >= 0.6 is 23.1 Å². The van der Waals surface area contributed by atoms with Gasteiger partial charge in [-0.2, -0.15) is 8.78 Å². The minimum atomic E-state index is -2.81. The molecule has 0 radical (unpaired) electrons. The van der Waals surface area contributed by atoms with Crippen LogP contribution in [0, 0.1) is 0 Å². The van der Waals surface area contributed by atoms with Gasteiger partial charge in [-0.05, 0) is 24.6 Å². The van der Waals surface area contributed by atoms with Crippen LogP contribution in [0.25, 0.3) is 0 Å². The zero-order chi connectivity index (χ0) is 16.7. The highest BCUT2D eigenvalue weighted by atomic mass is 32.2. The van der Waals surface area contributed by atoms with Gasteiger partial charge in [-0.25, -0.2) is 0 Å². The predicted molar refractivity (Wildman–Crippen MR) is 87.6 cm³/mol. The highest BCUT2D eigenvalue weighted by Crippen LogP contribution is 2.37. The summed E-state index contributed by atoms with van der Waals surface area (Å²) in [5, 5.41) is 12.2. The standard InChI is InChI=1S/C14H17F2N3O2S2/c1-9(10-3-5-11(6-4-10)21-12(15)16)22-14-19-18-13(23-14)17-7-8-20-2/h3-6,9,12H,7-8H2,1-2H3,(H,17,18). The van der Waals surface area contributed by atoms with E-state index in [4.69, 9.17) is 4.74 Å². The molecular formula is C14H17F2N3O2S2. The van der Waals surface area contributed by atoms with Gasteiger partial charge >= 0.3 is 6.61 Å². The highest BCUT2D eigenvalue weighted by Gasteiger charge is 2.12. The van der Waals surface area contributed by atoms with Crippen LogP contribution in [-0.2, 0) is 4.74 Å². The Kier molecular flexibility index (Phi) is 7.00. The number of rotatable bonds is 9. The maximum atomic E-state index is 12.1. The zero-order valence-corrected chi connectivity index (χ0v) is 14.3. The summed E-state index contributed by atoms with van der Waals surface area (Å²) in [6.07, 6.45) is 0. The van der Waals surface area contributed by atoms with Gasteiger partial charge in [-0.15, -0.1) is 10.2 Å². The molecule has 1 aromatic heterocycles. The SMILES string of the molecule is COCCNc1nnc(SC(C)c2ccc(OC(F)F)cc2)s1. The maximum absolute atomic E-state index is 12.1. The number of halogens is 2. The first-order chi connectivity index (χ1) is 11.1. The Bertz CT molecular complexity index is 596. The Morgan fingerprint density at radius 1 is 1.26 bits per heavy atom. The first-order valence-electron chi connectivity index (χ1n) is 6.86. The fraction of sp³-hybridized carbons (Fsp3) is 0.429. The Morgan fingerprint density at radius 2 is 2.00 bits per heavy atom. The lowest BCUT2D eigenvalue weighted by Crippen LogP contribution is -2.06. The van der Waals surface area contributed by atoms with Crippen LogP contribution in [0.2, 0.25) is 0 Å². The van der Waals surface area contributed by atoms with Gasteiger partial charge in [0.2, 0.25) is 5.13 Å². The molecule has 1 unspecified atom stereocenters. The molecule has 0 fully saturated rings. The topological polar surface area (TPSA) is 56.3 Å². The monoisotopic (exact) mass is 361 g/mol. The summed E-state index contributed by atoms with van der Waals surface area (Å²) in [5.74, 6) is 0.154. The summed E-state index contributed by atoms with van der Waals surface area (Å²) in [4.78, 5) is 0. The van der Waals surface area contributed by atoms with Crippen molar-refractivity contribution in [1.29, 1.82) is 0 Å². The third kappa shape index (κ3) is 5.92. The number of anilines is 1. The predicted octanol–water partition coefficient (Wildman–Crippen LogP) is 4.05. The molecule has 1 atom stereocenters. The fourth-order valence-electron chi connectivity index (χ4n) is 1.73. The van der Waals surface area contributed by atoms with Crippen LogP contribution < -0.4 is 10.1 Å². The van der Waals surface area contributed by atoms with Gasteiger partial charge in [0.25, 0.3) is 0 Å². The van der Waals surface area contributed by atoms with E-state index < -0.39 is 6.61 Å². The average Bonchev–Trinajstić information content (AvgIpc) is 2.95. The minimum Gasteiger partial charge on any atom is -0.435 e. The van der Waals surface area contributed by atoms with E-state index in [9.17, 15) is 8.78 Å². The van der Waals surface area contributed by atoms with Gasteiger partial charge < -0.3 is 14.8 Å². The summed E-state index contributed by atoms with van der Waals surface area (Å²) in [6, 6.07) is 6.62. The summed E-state index contributed by atoms with van der Waals surface area (Å²) < 4.78 is 34.4. The third-order valence-corrected chi connectivity index (χ3v) is 4.96. The molecule has 1 N–H and O–H groups in total. The number of aromatic nitrogens is 2. The van der Waals surface area contributed by atoms with Gasteiger partial charge in [0, 0.05) is 18.9 Å². The van der Waals surface area contributed by atoms with Crippen molar-refractivity contribution in [2.45, 2.75) is 23.1 Å². The molecule has 1 aromatic carbocycles. The molecule has 5 nitrogen and oxygen atoms in total. The van der Waals surface area contributed by atoms with E-state index >= 15 is 0 Å². The summed E-state index contributed by atoms with van der Waals surface area (Å²) in [5.41, 5.74) is 1.00. The van der Waals surface area contributed by atoms with Crippen LogP contribution in [0.3, 0.4) is 0 Å². The van der Waals surface area contributed by atoms with Crippen LogP contribution in [0.4, 0.5) is 13.9 Å². The van der Waals surface area contributed by atoms with Crippen molar-refractivity contribution in [2.75, 3.05) is 25.6 Å². The number of nitrogens with zero attached hydrogens (tertiary/aromatic N) is 2. The molecular weight excluding hydrogens is 344 g/mol. The lowest BCUT2D eigenvalue weighted by atomic mass is 10.2. The Balaban J connectivity index is 1.89. The van der Waals surface area contributed by atoms with E-state index in [1.807, 2.05) is 6.92 Å². The lowest BCUT2D eigenvalue weighted by molar-refractivity contribution is -0.0498. The van der Waals surface area contributed by atoms with Crippen LogP contribution in [0.1, 0.15) is 17.7 Å². The smallest absolute Gasteiger partial charge is 0.387 e. The molecule has 2 rings (SSSR count). The van der Waals surface area contributed by atoms with Crippen LogP contribution in [-0.4, -0.2) is 37.1 Å². The average molecular weight is 361 g/mol. The van der Waals surface area contributed by atoms with E-state index in [2.05, 4.69) is 20.3 Å². The molecule has 0 saturated heterocycles. The third-order valence-electron chi connectivity index (χ3n) is 2.84. The summed E-state index contributed by atoms with van der Waals surface area (Å²) in [6.45, 7) is 0.494. The number of nitrogens with one attached hydrogen (secondary N) is 1. The van der Waals surface area contributed by atoms with Gasteiger partial charge in [0.1, 0.15) is 5.75 Å². The maximum Gasteiger partial charge on any atom is 0.387 e. The van der Waals surface area contributed by atoms with Gasteiger partial charge in [0.05, 0.1) is 6.61 Å². The van der Waals surface area contributed by atoms with Gasteiger partial charge in [-0.3, -0.25) is 0 Å². The Hall–Kier alpha value is -1.45. The number of hydrogen-bond donors (Lipinski definition) is 1. The lowest BCUT2D eigenvalue weighted by Gasteiger charge is -2.10. The largest absolute Gasteiger partial charge is 0.435 e. The summed E-state index contributed by atoms with van der Waals surface area (Å²) in [7, 11) is 1.64. The van der Waals surface area contributed by atoms with Crippen molar-refractivity contribution in [3.8, 4) is 5.75 Å². The van der Waals surface area contributed by atoms with Gasteiger partial charge in [0.15, 0.2) is 4.34 Å². The summed E-state index contributed by atoms with van der Waals surface area (Å²) >= 11 is 3.03. The second-order valence-electron chi connectivity index (χ2n) is 4.50. The fourth-order valence-corrected chi connectivity index (χ4v) is 3.78. The van der Waals surface area contributed by atoms with E-state index in [0.717, 1.165) is 15.0 Å². The van der Waals surface area contributed by atoms with Crippen LogP contribution in [0.5, 0.6) is 5.75 Å². The highest BCUT2D eigenvalue weighted by molar-refractivity contribution is 8.01. The second-order valence-corrected chi connectivity index (χ2v) is 7.07. The van der Waals surface area contributed by atoms with Crippen LogP contribution in [0.15, 0.2) is 28.6 Å². The minimum absolute atomic E-state index is 0.121. The van der Waals surface area contributed by atoms with Crippen molar-refractivity contribution < 1.29 is 18.3 Å². The van der Waals surface area contributed by atoms with E-state index in [1.165, 1.54) is 23.5 Å². The molecule has 126 valence electrons.